The van der Waals surface area contributed by atoms with Crippen LogP contribution in [0.5, 0.6) is 0 Å². The van der Waals surface area contributed by atoms with E-state index in [-0.39, 0.29) is 18.9 Å². The summed E-state index contributed by atoms with van der Waals surface area (Å²) in [5, 5.41) is 11.8. The third-order valence-corrected chi connectivity index (χ3v) is 4.09. The highest BCUT2D eigenvalue weighted by Gasteiger charge is 2.23. The molecule has 0 fully saturated rings. The number of ketones is 1. The molecule has 0 saturated heterocycles. The predicted molar refractivity (Wildman–Crippen MR) is 103 cm³/mol. The van der Waals surface area contributed by atoms with Gasteiger partial charge in [-0.3, -0.25) is 4.79 Å². The fourth-order valence-corrected chi connectivity index (χ4v) is 2.75. The molecule has 0 aliphatic carbocycles. The van der Waals surface area contributed by atoms with Gasteiger partial charge in [-0.25, -0.2) is 9.59 Å². The maximum absolute atomic E-state index is 12.4. The Kier molecular flexibility index (Phi) is 7.34. The summed E-state index contributed by atoms with van der Waals surface area (Å²) in [5.41, 5.74) is 2.59. The van der Waals surface area contributed by atoms with Crippen molar-refractivity contribution in [2.45, 2.75) is 20.8 Å². The van der Waals surface area contributed by atoms with Crippen LogP contribution in [-0.4, -0.2) is 54.2 Å². The summed E-state index contributed by atoms with van der Waals surface area (Å²) in [7, 11) is 0. The van der Waals surface area contributed by atoms with Crippen molar-refractivity contribution >= 4 is 23.4 Å². The highest BCUT2D eigenvalue weighted by molar-refractivity contribution is 6.03. The molecule has 8 nitrogen and oxygen atoms in total. The highest BCUT2D eigenvalue weighted by Crippen LogP contribution is 2.20. The van der Waals surface area contributed by atoms with E-state index in [1.165, 1.54) is 0 Å². The minimum Gasteiger partial charge on any atom is -0.462 e. The Morgan fingerprint density at radius 3 is 2.36 bits per heavy atom. The largest absolute Gasteiger partial charge is 0.462 e. The monoisotopic (exact) mass is 388 g/mol. The van der Waals surface area contributed by atoms with Gasteiger partial charge in [0.2, 0.25) is 5.78 Å². The van der Waals surface area contributed by atoms with Gasteiger partial charge in [-0.15, -0.1) is 0 Å². The van der Waals surface area contributed by atoms with Crippen LogP contribution in [0.15, 0.2) is 24.3 Å². The average Bonchev–Trinajstić information content (AvgIpc) is 2.99. The molecule has 0 aliphatic rings. The van der Waals surface area contributed by atoms with Crippen molar-refractivity contribution in [3.63, 3.8) is 0 Å². The normalized spacial score (nSPS) is 10.4. The SMILES string of the molecule is CCOC(=O)c1c(C)[nH]c(C(=O)COC(=O)c2ccc(NCCO)cc2)c1C. The second kappa shape index (κ2) is 9.70. The van der Waals surface area contributed by atoms with Gasteiger partial charge in [0.15, 0.2) is 6.61 Å². The first-order chi connectivity index (χ1) is 13.4. The zero-order valence-electron chi connectivity index (χ0n) is 16.1. The zero-order valence-corrected chi connectivity index (χ0v) is 16.1. The Labute approximate surface area is 162 Å². The van der Waals surface area contributed by atoms with Crippen LogP contribution in [0.1, 0.15) is 49.4 Å². The van der Waals surface area contributed by atoms with Crippen LogP contribution in [0.25, 0.3) is 0 Å². The molecule has 0 spiro atoms. The molecule has 2 rings (SSSR count). The van der Waals surface area contributed by atoms with Crippen LogP contribution in [0.2, 0.25) is 0 Å². The van der Waals surface area contributed by atoms with E-state index in [0.29, 0.717) is 28.9 Å². The number of anilines is 1. The van der Waals surface area contributed by atoms with Gasteiger partial charge in [-0.2, -0.15) is 0 Å². The molecular weight excluding hydrogens is 364 g/mol. The number of aromatic nitrogens is 1. The molecule has 0 amide bonds. The Morgan fingerprint density at radius 2 is 1.75 bits per heavy atom. The molecule has 1 aromatic carbocycles. The molecule has 0 atom stereocenters. The van der Waals surface area contributed by atoms with Gasteiger partial charge in [0, 0.05) is 17.9 Å². The first kappa shape index (κ1) is 21.2. The summed E-state index contributed by atoms with van der Waals surface area (Å²) in [6.45, 7) is 5.21. The quantitative estimate of drug-likeness (QED) is 0.445. The van der Waals surface area contributed by atoms with E-state index in [0.717, 1.165) is 5.69 Å². The lowest BCUT2D eigenvalue weighted by molar-refractivity contribution is 0.0472. The summed E-state index contributed by atoms with van der Waals surface area (Å²) in [4.78, 5) is 39.4. The molecule has 1 heterocycles. The molecule has 150 valence electrons. The zero-order chi connectivity index (χ0) is 20.7. The summed E-state index contributed by atoms with van der Waals surface area (Å²) in [6, 6.07) is 6.49. The second-order valence-corrected chi connectivity index (χ2v) is 6.07. The van der Waals surface area contributed by atoms with E-state index in [2.05, 4.69) is 10.3 Å². The van der Waals surface area contributed by atoms with Gasteiger partial charge in [0.1, 0.15) is 0 Å². The Bertz CT molecular complexity index is 854. The summed E-state index contributed by atoms with van der Waals surface area (Å²) < 4.78 is 10.1. The maximum atomic E-state index is 12.4. The first-order valence-corrected chi connectivity index (χ1v) is 8.90. The Hall–Kier alpha value is -3.13. The number of ether oxygens (including phenoxy) is 2. The number of rotatable bonds is 9. The number of esters is 2. The average molecular weight is 388 g/mol. The van der Waals surface area contributed by atoms with Crippen molar-refractivity contribution < 1.29 is 29.0 Å². The van der Waals surface area contributed by atoms with Crippen LogP contribution in [-0.2, 0) is 9.47 Å². The van der Waals surface area contributed by atoms with Crippen LogP contribution in [0.3, 0.4) is 0 Å². The van der Waals surface area contributed by atoms with E-state index in [1.54, 1.807) is 45.0 Å². The lowest BCUT2D eigenvalue weighted by Crippen LogP contribution is -2.16. The Morgan fingerprint density at radius 1 is 1.07 bits per heavy atom. The molecule has 0 radical (unpaired) electrons. The molecular formula is C20H24N2O6. The van der Waals surface area contributed by atoms with Crippen LogP contribution < -0.4 is 5.32 Å². The molecule has 2 aromatic rings. The first-order valence-electron chi connectivity index (χ1n) is 8.90. The number of H-pyrrole nitrogens is 1. The fourth-order valence-electron chi connectivity index (χ4n) is 2.75. The number of aliphatic hydroxyl groups is 1. The fraction of sp³-hybridized carbons (Fsp3) is 0.350. The number of Topliss-reactive ketones (excluding diaryl/α,β-unsaturated/α-hetero) is 1. The number of nitrogens with one attached hydrogen (secondary N) is 2. The van der Waals surface area contributed by atoms with Crippen LogP contribution in [0, 0.1) is 13.8 Å². The summed E-state index contributed by atoms with van der Waals surface area (Å²) in [6.07, 6.45) is 0. The molecule has 8 heteroatoms. The van der Waals surface area contributed by atoms with Gasteiger partial charge >= 0.3 is 11.9 Å². The third kappa shape index (κ3) is 4.98. The van der Waals surface area contributed by atoms with Crippen molar-refractivity contribution in [3.05, 3.63) is 52.3 Å². The van der Waals surface area contributed by atoms with Gasteiger partial charge in [-0.05, 0) is 50.6 Å². The molecule has 0 aliphatic heterocycles. The summed E-state index contributed by atoms with van der Waals surface area (Å²) >= 11 is 0. The topological polar surface area (TPSA) is 118 Å². The van der Waals surface area contributed by atoms with Crippen LogP contribution >= 0.6 is 0 Å². The number of aryl methyl sites for hydroxylation is 1. The lowest BCUT2D eigenvalue weighted by atomic mass is 10.1. The van der Waals surface area contributed by atoms with Crippen LogP contribution in [0.4, 0.5) is 5.69 Å². The third-order valence-electron chi connectivity index (χ3n) is 4.09. The van der Waals surface area contributed by atoms with Crippen molar-refractivity contribution in [1.82, 2.24) is 4.98 Å². The van der Waals surface area contributed by atoms with Gasteiger partial charge in [-0.1, -0.05) is 0 Å². The van der Waals surface area contributed by atoms with Gasteiger partial charge in [0.05, 0.1) is 30.0 Å². The number of hydrogen-bond donors (Lipinski definition) is 3. The second-order valence-electron chi connectivity index (χ2n) is 6.07. The molecule has 3 N–H and O–H groups in total. The number of benzene rings is 1. The molecule has 28 heavy (non-hydrogen) atoms. The smallest absolute Gasteiger partial charge is 0.340 e. The van der Waals surface area contributed by atoms with E-state index >= 15 is 0 Å². The standard InChI is InChI=1S/C20H24N2O6/c1-4-27-20(26)17-12(2)18(22-13(17)3)16(24)11-28-19(25)14-5-7-15(8-6-14)21-9-10-23/h5-8,21-23H,4,9-11H2,1-3H3. The number of hydrogen-bond acceptors (Lipinski definition) is 7. The maximum Gasteiger partial charge on any atom is 0.340 e. The van der Waals surface area contributed by atoms with E-state index in [9.17, 15) is 14.4 Å². The van der Waals surface area contributed by atoms with Crippen molar-refractivity contribution in [2.24, 2.45) is 0 Å². The van der Waals surface area contributed by atoms with Crippen molar-refractivity contribution in [3.8, 4) is 0 Å². The molecule has 0 bridgehead atoms. The van der Waals surface area contributed by atoms with Gasteiger partial charge < -0.3 is 24.9 Å². The molecule has 1 aromatic heterocycles. The van der Waals surface area contributed by atoms with E-state index in [1.807, 2.05) is 0 Å². The number of carbonyl (C=O) groups is 3. The minimum atomic E-state index is -0.631. The summed E-state index contributed by atoms with van der Waals surface area (Å²) in [5.74, 6) is -1.57. The van der Waals surface area contributed by atoms with Gasteiger partial charge in [0.25, 0.3) is 0 Å². The number of aromatic amines is 1. The number of carbonyl (C=O) groups excluding carboxylic acids is 3. The minimum absolute atomic E-state index is 0.00141. The predicted octanol–water partition coefficient (Wildman–Crippen LogP) is 2.25. The molecule has 0 saturated carbocycles. The van der Waals surface area contributed by atoms with Crippen molar-refractivity contribution in [2.75, 3.05) is 31.7 Å². The number of aliphatic hydroxyl groups excluding tert-OH is 1. The van der Waals surface area contributed by atoms with E-state index in [4.69, 9.17) is 14.6 Å². The molecule has 0 unspecified atom stereocenters. The van der Waals surface area contributed by atoms with Crippen molar-refractivity contribution in [1.29, 1.82) is 0 Å². The highest BCUT2D eigenvalue weighted by atomic mass is 16.5. The van der Waals surface area contributed by atoms with E-state index < -0.39 is 24.3 Å². The lowest BCUT2D eigenvalue weighted by Gasteiger charge is -2.07. The Balaban J connectivity index is 2.01.